The zero-order valence-corrected chi connectivity index (χ0v) is 15.7. The number of aromatic nitrogens is 2. The number of ether oxygens (including phenoxy) is 1. The maximum Gasteiger partial charge on any atom is 0.337 e. The van der Waals surface area contributed by atoms with E-state index >= 15 is 0 Å². The average molecular weight is 368 g/mol. The molecule has 0 fully saturated rings. The lowest BCUT2D eigenvalue weighted by molar-refractivity contribution is 0.0600. The standard InChI is InChI=1S/C20H20N2O3S/c1-12-21-18-17(15-8-3-4-9-16(15)26-18)19(23)22(12)11-13-6-5-7-14(10-13)20(24)25-2/h5-7,10H,3-4,8-9,11H2,1-2H3. The van der Waals surface area contributed by atoms with E-state index in [4.69, 9.17) is 9.72 Å². The molecule has 0 N–H and O–H groups in total. The van der Waals surface area contributed by atoms with Gasteiger partial charge >= 0.3 is 5.97 Å². The van der Waals surface area contributed by atoms with Gasteiger partial charge in [0.05, 0.1) is 24.6 Å². The normalized spacial score (nSPS) is 13.6. The summed E-state index contributed by atoms with van der Waals surface area (Å²) in [5.41, 5.74) is 2.59. The van der Waals surface area contributed by atoms with E-state index in [1.54, 1.807) is 34.1 Å². The molecule has 0 aliphatic heterocycles. The molecule has 0 saturated carbocycles. The van der Waals surface area contributed by atoms with Crippen LogP contribution in [0.2, 0.25) is 0 Å². The highest BCUT2D eigenvalue weighted by molar-refractivity contribution is 7.18. The number of methoxy groups -OCH3 is 1. The van der Waals surface area contributed by atoms with Crippen molar-refractivity contribution < 1.29 is 9.53 Å². The predicted molar refractivity (Wildman–Crippen MR) is 102 cm³/mol. The minimum Gasteiger partial charge on any atom is -0.465 e. The van der Waals surface area contributed by atoms with Gasteiger partial charge in [-0.25, -0.2) is 9.78 Å². The van der Waals surface area contributed by atoms with Crippen molar-refractivity contribution in [2.24, 2.45) is 0 Å². The van der Waals surface area contributed by atoms with E-state index in [2.05, 4.69) is 0 Å². The molecule has 0 spiro atoms. The first-order chi connectivity index (χ1) is 12.6. The second kappa shape index (κ2) is 6.68. The number of rotatable bonds is 3. The summed E-state index contributed by atoms with van der Waals surface area (Å²) in [5, 5.41) is 0.791. The number of carbonyl (C=O) groups excluding carboxylic acids is 1. The molecule has 26 heavy (non-hydrogen) atoms. The van der Waals surface area contributed by atoms with Crippen LogP contribution in [-0.4, -0.2) is 22.6 Å². The summed E-state index contributed by atoms with van der Waals surface area (Å²) in [4.78, 5) is 31.8. The van der Waals surface area contributed by atoms with Gasteiger partial charge in [-0.3, -0.25) is 9.36 Å². The molecular weight excluding hydrogens is 348 g/mol. The minimum atomic E-state index is -0.378. The maximum atomic E-state index is 13.2. The largest absolute Gasteiger partial charge is 0.465 e. The zero-order chi connectivity index (χ0) is 18.3. The Morgan fingerprint density at radius 3 is 2.92 bits per heavy atom. The van der Waals surface area contributed by atoms with Crippen LogP contribution in [-0.2, 0) is 24.1 Å². The second-order valence-corrected chi connectivity index (χ2v) is 7.72. The van der Waals surface area contributed by atoms with Gasteiger partial charge in [0, 0.05) is 4.88 Å². The number of aryl methyl sites for hydroxylation is 3. The van der Waals surface area contributed by atoms with Gasteiger partial charge in [-0.2, -0.15) is 0 Å². The molecule has 0 saturated heterocycles. The van der Waals surface area contributed by atoms with Crippen molar-refractivity contribution >= 4 is 27.5 Å². The molecule has 3 aromatic rings. The molecule has 2 heterocycles. The Morgan fingerprint density at radius 2 is 2.12 bits per heavy atom. The van der Waals surface area contributed by atoms with Crippen LogP contribution in [0.1, 0.15) is 45.0 Å². The molecule has 0 atom stereocenters. The van der Waals surface area contributed by atoms with Crippen LogP contribution in [0, 0.1) is 6.92 Å². The number of nitrogens with zero attached hydrogens (tertiary/aromatic N) is 2. The van der Waals surface area contributed by atoms with Gasteiger partial charge in [-0.05, 0) is 55.9 Å². The summed E-state index contributed by atoms with van der Waals surface area (Å²) < 4.78 is 6.49. The van der Waals surface area contributed by atoms with E-state index in [1.807, 2.05) is 13.0 Å². The maximum absolute atomic E-state index is 13.2. The highest BCUT2D eigenvalue weighted by Gasteiger charge is 2.21. The smallest absolute Gasteiger partial charge is 0.337 e. The Labute approximate surface area is 155 Å². The number of esters is 1. The summed E-state index contributed by atoms with van der Waals surface area (Å²) in [6.45, 7) is 2.26. The molecule has 2 aromatic heterocycles. The van der Waals surface area contributed by atoms with E-state index in [-0.39, 0.29) is 11.5 Å². The van der Waals surface area contributed by atoms with Gasteiger partial charge in [0.25, 0.3) is 5.56 Å². The third kappa shape index (κ3) is 2.84. The lowest BCUT2D eigenvalue weighted by atomic mass is 9.97. The fourth-order valence-corrected chi connectivity index (χ4v) is 4.92. The third-order valence-corrected chi connectivity index (χ3v) is 6.14. The first-order valence-corrected chi connectivity index (χ1v) is 9.59. The van der Waals surface area contributed by atoms with Crippen LogP contribution in [0.4, 0.5) is 0 Å². The first kappa shape index (κ1) is 17.0. The van der Waals surface area contributed by atoms with Crippen LogP contribution in [0.25, 0.3) is 10.2 Å². The molecule has 1 aliphatic carbocycles. The Hall–Kier alpha value is -2.47. The SMILES string of the molecule is COC(=O)c1cccc(Cn2c(C)nc3sc4c(c3c2=O)CCCC4)c1. The number of benzene rings is 1. The Balaban J connectivity index is 1.80. The van der Waals surface area contributed by atoms with Gasteiger partial charge in [0.1, 0.15) is 10.7 Å². The Bertz CT molecular complexity index is 1060. The third-order valence-electron chi connectivity index (χ3n) is 4.95. The Morgan fingerprint density at radius 1 is 1.31 bits per heavy atom. The van der Waals surface area contributed by atoms with Crippen molar-refractivity contribution in [2.45, 2.75) is 39.2 Å². The molecule has 0 bridgehead atoms. The number of fused-ring (bicyclic) bond motifs is 3. The molecule has 6 heteroatoms. The van der Waals surface area contributed by atoms with E-state index in [0.717, 1.165) is 35.0 Å². The molecule has 0 unspecified atom stereocenters. The van der Waals surface area contributed by atoms with Crippen molar-refractivity contribution in [3.63, 3.8) is 0 Å². The molecule has 0 amide bonds. The van der Waals surface area contributed by atoms with Gasteiger partial charge in [-0.15, -0.1) is 11.3 Å². The summed E-state index contributed by atoms with van der Waals surface area (Å²) in [5.74, 6) is 0.320. The summed E-state index contributed by atoms with van der Waals surface area (Å²) in [6, 6.07) is 7.19. The van der Waals surface area contributed by atoms with Gasteiger partial charge in [0.15, 0.2) is 0 Å². The number of carbonyl (C=O) groups is 1. The molecule has 1 aromatic carbocycles. The summed E-state index contributed by atoms with van der Waals surface area (Å²) >= 11 is 1.67. The van der Waals surface area contributed by atoms with E-state index in [9.17, 15) is 9.59 Å². The molecule has 134 valence electrons. The van der Waals surface area contributed by atoms with Crippen molar-refractivity contribution in [2.75, 3.05) is 7.11 Å². The van der Waals surface area contributed by atoms with Gasteiger partial charge in [0.2, 0.25) is 0 Å². The van der Waals surface area contributed by atoms with Crippen LogP contribution < -0.4 is 5.56 Å². The quantitative estimate of drug-likeness (QED) is 0.664. The predicted octanol–water partition coefficient (Wildman–Crippen LogP) is 3.48. The molecular formula is C20H20N2O3S. The van der Waals surface area contributed by atoms with Crippen molar-refractivity contribution in [1.29, 1.82) is 0 Å². The number of thiophene rings is 1. The summed E-state index contributed by atoms with van der Waals surface area (Å²) in [7, 11) is 1.36. The molecule has 5 nitrogen and oxygen atoms in total. The van der Waals surface area contributed by atoms with E-state index < -0.39 is 0 Å². The van der Waals surface area contributed by atoms with Crippen LogP contribution >= 0.6 is 11.3 Å². The summed E-state index contributed by atoms with van der Waals surface area (Å²) in [6.07, 6.45) is 4.34. The van der Waals surface area contributed by atoms with Crippen molar-refractivity contribution in [3.8, 4) is 0 Å². The monoisotopic (exact) mass is 368 g/mol. The Kier molecular flexibility index (Phi) is 4.36. The van der Waals surface area contributed by atoms with Crippen molar-refractivity contribution in [3.05, 3.63) is 62.0 Å². The van der Waals surface area contributed by atoms with Gasteiger partial charge < -0.3 is 4.74 Å². The fraction of sp³-hybridized carbons (Fsp3) is 0.350. The average Bonchev–Trinajstić information content (AvgIpc) is 3.02. The van der Waals surface area contributed by atoms with E-state index in [1.165, 1.54) is 24.0 Å². The zero-order valence-electron chi connectivity index (χ0n) is 14.9. The molecule has 4 rings (SSSR count). The first-order valence-electron chi connectivity index (χ1n) is 8.77. The molecule has 0 radical (unpaired) electrons. The second-order valence-electron chi connectivity index (χ2n) is 6.63. The van der Waals surface area contributed by atoms with Crippen LogP contribution in [0.5, 0.6) is 0 Å². The van der Waals surface area contributed by atoms with Crippen LogP contribution in [0.15, 0.2) is 29.1 Å². The minimum absolute atomic E-state index is 0.0235. The lowest BCUT2D eigenvalue weighted by Crippen LogP contribution is -2.25. The highest BCUT2D eigenvalue weighted by atomic mass is 32.1. The lowest BCUT2D eigenvalue weighted by Gasteiger charge is -2.12. The van der Waals surface area contributed by atoms with E-state index in [0.29, 0.717) is 17.9 Å². The fourth-order valence-electron chi connectivity index (χ4n) is 3.62. The van der Waals surface area contributed by atoms with Crippen molar-refractivity contribution in [1.82, 2.24) is 9.55 Å². The molecule has 1 aliphatic rings. The number of hydrogen-bond donors (Lipinski definition) is 0. The van der Waals surface area contributed by atoms with Crippen LogP contribution in [0.3, 0.4) is 0 Å². The highest BCUT2D eigenvalue weighted by Crippen LogP contribution is 2.33. The van der Waals surface area contributed by atoms with Gasteiger partial charge in [-0.1, -0.05) is 12.1 Å². The number of hydrogen-bond acceptors (Lipinski definition) is 5. The topological polar surface area (TPSA) is 61.2 Å².